The van der Waals surface area contributed by atoms with Crippen LogP contribution in [0.5, 0.6) is 0 Å². The zero-order valence-electron chi connectivity index (χ0n) is 11.3. The Morgan fingerprint density at radius 3 is 3.05 bits per heavy atom. The Morgan fingerprint density at radius 1 is 1.40 bits per heavy atom. The fraction of sp³-hybridized carbons (Fsp3) is 0.267. The van der Waals surface area contributed by atoms with Crippen molar-refractivity contribution in [1.29, 1.82) is 0 Å². The van der Waals surface area contributed by atoms with E-state index in [1.165, 1.54) is 16.0 Å². The molecule has 0 spiro atoms. The Hall–Kier alpha value is -2.01. The van der Waals surface area contributed by atoms with Gasteiger partial charge < -0.3 is 15.8 Å². The SMILES string of the molecule is Cc1ccc(C(N)=NO)c(N2CCc3sccc3C2)c1. The lowest BCUT2D eigenvalue weighted by Crippen LogP contribution is -2.31. The van der Waals surface area contributed by atoms with E-state index in [0.29, 0.717) is 0 Å². The predicted molar refractivity (Wildman–Crippen MR) is 82.8 cm³/mol. The lowest BCUT2D eigenvalue weighted by molar-refractivity contribution is 0.318. The Labute approximate surface area is 122 Å². The first kappa shape index (κ1) is 13.0. The lowest BCUT2D eigenvalue weighted by Gasteiger charge is -2.30. The highest BCUT2D eigenvalue weighted by atomic mass is 32.1. The van der Waals surface area contributed by atoms with Crippen LogP contribution in [0.1, 0.15) is 21.6 Å². The molecule has 20 heavy (non-hydrogen) atoms. The third-order valence-corrected chi connectivity index (χ3v) is 4.71. The first-order valence-electron chi connectivity index (χ1n) is 6.58. The van der Waals surface area contributed by atoms with Crippen molar-refractivity contribution in [2.24, 2.45) is 10.9 Å². The second-order valence-corrected chi connectivity index (χ2v) is 6.05. The fourth-order valence-corrected chi connectivity index (χ4v) is 3.52. The molecule has 0 saturated carbocycles. The van der Waals surface area contributed by atoms with E-state index in [-0.39, 0.29) is 5.84 Å². The normalized spacial score (nSPS) is 15.2. The van der Waals surface area contributed by atoms with Crippen molar-refractivity contribution in [2.45, 2.75) is 19.9 Å². The number of hydrogen-bond acceptors (Lipinski definition) is 4. The molecule has 0 fully saturated rings. The largest absolute Gasteiger partial charge is 0.409 e. The summed E-state index contributed by atoms with van der Waals surface area (Å²) in [5, 5.41) is 14.2. The van der Waals surface area contributed by atoms with E-state index < -0.39 is 0 Å². The van der Waals surface area contributed by atoms with E-state index in [9.17, 15) is 0 Å². The van der Waals surface area contributed by atoms with Crippen LogP contribution >= 0.6 is 11.3 Å². The minimum Gasteiger partial charge on any atom is -0.409 e. The molecule has 3 N–H and O–H groups in total. The summed E-state index contributed by atoms with van der Waals surface area (Å²) in [5.74, 6) is 0.163. The van der Waals surface area contributed by atoms with E-state index in [1.54, 1.807) is 0 Å². The molecule has 5 heteroatoms. The fourth-order valence-electron chi connectivity index (χ4n) is 2.63. The number of nitrogens with two attached hydrogens (primary N) is 1. The highest BCUT2D eigenvalue weighted by molar-refractivity contribution is 7.10. The molecule has 3 rings (SSSR count). The van der Waals surface area contributed by atoms with Crippen LogP contribution in [0.3, 0.4) is 0 Å². The second-order valence-electron chi connectivity index (χ2n) is 5.05. The number of benzene rings is 1. The van der Waals surface area contributed by atoms with E-state index in [2.05, 4.69) is 34.5 Å². The molecule has 2 aromatic rings. The molecule has 104 valence electrons. The summed E-state index contributed by atoms with van der Waals surface area (Å²) in [7, 11) is 0. The van der Waals surface area contributed by atoms with Crippen molar-refractivity contribution in [2.75, 3.05) is 11.4 Å². The zero-order valence-corrected chi connectivity index (χ0v) is 12.2. The van der Waals surface area contributed by atoms with Crippen molar-refractivity contribution in [1.82, 2.24) is 0 Å². The number of nitrogens with zero attached hydrogens (tertiary/aromatic N) is 2. The van der Waals surface area contributed by atoms with Crippen molar-refractivity contribution >= 4 is 22.9 Å². The first-order valence-corrected chi connectivity index (χ1v) is 7.45. The molecule has 0 saturated heterocycles. The summed E-state index contributed by atoms with van der Waals surface area (Å²) in [6.45, 7) is 3.90. The quantitative estimate of drug-likeness (QED) is 0.386. The molecule has 1 aromatic heterocycles. The highest BCUT2D eigenvalue weighted by Crippen LogP contribution is 2.30. The predicted octanol–water partition coefficient (Wildman–Crippen LogP) is 2.71. The van der Waals surface area contributed by atoms with Gasteiger partial charge in [0.1, 0.15) is 0 Å². The minimum atomic E-state index is 0.163. The van der Waals surface area contributed by atoms with Gasteiger partial charge in [-0.3, -0.25) is 0 Å². The van der Waals surface area contributed by atoms with Gasteiger partial charge in [0.2, 0.25) is 0 Å². The maximum absolute atomic E-state index is 8.95. The summed E-state index contributed by atoms with van der Waals surface area (Å²) < 4.78 is 0. The molecule has 0 amide bonds. The maximum atomic E-state index is 8.95. The van der Waals surface area contributed by atoms with Crippen molar-refractivity contribution in [3.63, 3.8) is 0 Å². The molecule has 0 radical (unpaired) electrons. The number of oxime groups is 1. The van der Waals surface area contributed by atoms with Gasteiger partial charge in [-0.1, -0.05) is 11.2 Å². The van der Waals surface area contributed by atoms with E-state index in [4.69, 9.17) is 10.9 Å². The average molecular weight is 287 g/mol. The summed E-state index contributed by atoms with van der Waals surface area (Å²) in [6, 6.07) is 8.19. The highest BCUT2D eigenvalue weighted by Gasteiger charge is 2.20. The van der Waals surface area contributed by atoms with Gasteiger partial charge in [0, 0.05) is 29.2 Å². The molecule has 2 heterocycles. The molecular formula is C15H17N3OS. The Bertz CT molecular complexity index is 663. The third-order valence-electron chi connectivity index (χ3n) is 3.69. The van der Waals surface area contributed by atoms with Crippen LogP contribution in [0.25, 0.3) is 0 Å². The zero-order chi connectivity index (χ0) is 14.1. The second kappa shape index (κ2) is 5.17. The van der Waals surface area contributed by atoms with Crippen LogP contribution in [0.15, 0.2) is 34.8 Å². The van der Waals surface area contributed by atoms with Crippen LogP contribution in [-0.4, -0.2) is 17.6 Å². The van der Waals surface area contributed by atoms with Crippen LogP contribution in [0.2, 0.25) is 0 Å². The summed E-state index contributed by atoms with van der Waals surface area (Å²) in [4.78, 5) is 3.77. The maximum Gasteiger partial charge on any atom is 0.172 e. The number of rotatable bonds is 2. The molecule has 1 aliphatic rings. The molecule has 1 aliphatic heterocycles. The van der Waals surface area contributed by atoms with Crippen molar-refractivity contribution in [3.8, 4) is 0 Å². The van der Waals surface area contributed by atoms with Crippen molar-refractivity contribution < 1.29 is 5.21 Å². The average Bonchev–Trinajstić information content (AvgIpc) is 2.93. The smallest absolute Gasteiger partial charge is 0.172 e. The summed E-state index contributed by atoms with van der Waals surface area (Å²) in [5.41, 5.74) is 10.2. The molecule has 0 unspecified atom stereocenters. The number of fused-ring (bicyclic) bond motifs is 1. The number of thiophene rings is 1. The number of anilines is 1. The van der Waals surface area contributed by atoms with Crippen LogP contribution < -0.4 is 10.6 Å². The number of amidine groups is 1. The standard InChI is InChI=1S/C15H17N3OS/c1-10-2-3-12(15(16)17-19)13(8-10)18-6-4-14-11(9-18)5-7-20-14/h2-3,5,7-8,19H,4,6,9H2,1H3,(H2,16,17). The Balaban J connectivity index is 2.00. The molecule has 0 aliphatic carbocycles. The molecular weight excluding hydrogens is 270 g/mol. The van der Waals surface area contributed by atoms with Gasteiger partial charge >= 0.3 is 0 Å². The Morgan fingerprint density at radius 2 is 2.25 bits per heavy atom. The van der Waals surface area contributed by atoms with Gasteiger partial charge in [-0.15, -0.1) is 11.3 Å². The van der Waals surface area contributed by atoms with Gasteiger partial charge in [-0.2, -0.15) is 0 Å². The van der Waals surface area contributed by atoms with Gasteiger partial charge in [-0.25, -0.2) is 0 Å². The van der Waals surface area contributed by atoms with Crippen LogP contribution in [-0.2, 0) is 13.0 Å². The summed E-state index contributed by atoms with van der Waals surface area (Å²) in [6.07, 6.45) is 1.05. The molecule has 0 atom stereocenters. The van der Waals surface area contributed by atoms with E-state index in [1.807, 2.05) is 23.5 Å². The van der Waals surface area contributed by atoms with Gasteiger partial charge in [0.25, 0.3) is 0 Å². The third kappa shape index (κ3) is 2.25. The molecule has 1 aromatic carbocycles. The van der Waals surface area contributed by atoms with E-state index >= 15 is 0 Å². The molecule has 4 nitrogen and oxygen atoms in total. The van der Waals surface area contributed by atoms with E-state index in [0.717, 1.165) is 30.8 Å². The van der Waals surface area contributed by atoms with Gasteiger partial charge in [0.05, 0.1) is 0 Å². The van der Waals surface area contributed by atoms with Crippen molar-refractivity contribution in [3.05, 3.63) is 51.2 Å². The molecule has 0 bridgehead atoms. The monoisotopic (exact) mass is 287 g/mol. The minimum absolute atomic E-state index is 0.163. The van der Waals surface area contributed by atoms with Gasteiger partial charge in [0.15, 0.2) is 5.84 Å². The Kier molecular flexibility index (Phi) is 3.36. The van der Waals surface area contributed by atoms with Crippen LogP contribution in [0, 0.1) is 6.92 Å². The first-order chi connectivity index (χ1) is 9.69. The van der Waals surface area contributed by atoms with Gasteiger partial charge in [-0.05, 0) is 48.1 Å². The topological polar surface area (TPSA) is 61.9 Å². The number of hydrogen-bond donors (Lipinski definition) is 2. The lowest BCUT2D eigenvalue weighted by atomic mass is 10.0. The van der Waals surface area contributed by atoms with Crippen LogP contribution in [0.4, 0.5) is 5.69 Å². The number of aryl methyl sites for hydroxylation is 1. The summed E-state index contributed by atoms with van der Waals surface area (Å²) >= 11 is 1.83.